The lowest BCUT2D eigenvalue weighted by Gasteiger charge is -2.37. The molecule has 34 heavy (non-hydrogen) atoms. The molecule has 0 aromatic carbocycles. The molecule has 2 amide bonds. The second kappa shape index (κ2) is 9.95. The van der Waals surface area contributed by atoms with Gasteiger partial charge >= 0.3 is 6.09 Å². The number of rotatable bonds is 8. The smallest absolute Gasteiger partial charge is 0.416 e. The molecule has 0 unspecified atom stereocenters. The van der Waals surface area contributed by atoms with Gasteiger partial charge in [-0.2, -0.15) is 0 Å². The number of ether oxygens (including phenoxy) is 2. The van der Waals surface area contributed by atoms with Crippen LogP contribution in [0, 0.1) is 5.41 Å². The highest BCUT2D eigenvalue weighted by Crippen LogP contribution is 2.40. The molecule has 0 saturated carbocycles. The lowest BCUT2D eigenvalue weighted by Crippen LogP contribution is -2.48. The average molecular weight is 495 g/mol. The Morgan fingerprint density at radius 3 is 2.38 bits per heavy atom. The number of pyridine rings is 1. The fourth-order valence-corrected chi connectivity index (χ4v) is 4.71. The summed E-state index contributed by atoms with van der Waals surface area (Å²) in [7, 11) is -0.589. The number of aromatic nitrogens is 1. The molecule has 0 aliphatic carbocycles. The van der Waals surface area contributed by atoms with Crippen molar-refractivity contribution in [2.24, 2.45) is 5.41 Å². The van der Waals surface area contributed by atoms with E-state index in [9.17, 15) is 14.7 Å². The van der Waals surface area contributed by atoms with Crippen molar-refractivity contribution in [3.8, 4) is 5.88 Å². The Labute approximate surface area is 205 Å². The first-order valence-electron chi connectivity index (χ1n) is 11.9. The van der Waals surface area contributed by atoms with Gasteiger partial charge in [-0.1, -0.05) is 48.5 Å². The summed E-state index contributed by atoms with van der Waals surface area (Å²) >= 11 is 0. The van der Waals surface area contributed by atoms with Gasteiger partial charge in [0.15, 0.2) is 8.32 Å². The minimum absolute atomic E-state index is 0.00227. The van der Waals surface area contributed by atoms with Crippen molar-refractivity contribution < 1.29 is 28.6 Å². The zero-order valence-corrected chi connectivity index (χ0v) is 23.4. The number of hydrogen-bond donors (Lipinski definition) is 1. The van der Waals surface area contributed by atoms with E-state index in [1.165, 1.54) is 7.11 Å². The molecule has 1 aliphatic heterocycles. The van der Waals surface area contributed by atoms with Crippen LogP contribution in [-0.4, -0.2) is 55.1 Å². The zero-order valence-electron chi connectivity index (χ0n) is 22.4. The number of methoxy groups -OCH3 is 1. The topological polar surface area (TPSA) is 98.2 Å². The van der Waals surface area contributed by atoms with Crippen LogP contribution >= 0.6 is 0 Å². The third-order valence-corrected chi connectivity index (χ3v) is 11.7. The maximum absolute atomic E-state index is 13.4. The normalized spacial score (nSPS) is 19.1. The third kappa shape index (κ3) is 5.80. The van der Waals surface area contributed by atoms with Crippen LogP contribution in [0.3, 0.4) is 0 Å². The van der Waals surface area contributed by atoms with Crippen molar-refractivity contribution in [1.29, 1.82) is 0 Å². The quantitative estimate of drug-likeness (QED) is 0.508. The Hall–Kier alpha value is -1.97. The van der Waals surface area contributed by atoms with Gasteiger partial charge in [-0.15, -0.1) is 0 Å². The second-order valence-corrected chi connectivity index (χ2v) is 16.5. The predicted octanol–water partition coefficient (Wildman–Crippen LogP) is 4.99. The van der Waals surface area contributed by atoms with Crippen LogP contribution in [0.15, 0.2) is 12.3 Å². The monoisotopic (exact) mass is 494 g/mol. The largest absolute Gasteiger partial charge is 0.481 e. The van der Waals surface area contributed by atoms with Crippen molar-refractivity contribution in [1.82, 2.24) is 9.88 Å². The van der Waals surface area contributed by atoms with Crippen molar-refractivity contribution in [2.75, 3.05) is 13.7 Å². The minimum Gasteiger partial charge on any atom is -0.481 e. The van der Waals surface area contributed by atoms with E-state index < -0.39 is 32.0 Å². The summed E-state index contributed by atoms with van der Waals surface area (Å²) < 4.78 is 17.1. The van der Waals surface area contributed by atoms with Crippen molar-refractivity contribution >= 4 is 20.3 Å². The number of carbonyl (C=O) groups excluding carboxylic acids is 2. The van der Waals surface area contributed by atoms with Gasteiger partial charge in [-0.05, 0) is 41.6 Å². The fourth-order valence-electron chi connectivity index (χ4n) is 3.77. The SMILES string of the molecule is CC[C@@](O)(CC(=O)N1C(=O)OC[C@H]1C(C)(C)C)c1ccnc(OC)c1CO[Si](C)(C)C(C)(C)C. The third-order valence-electron chi connectivity index (χ3n) is 7.26. The molecule has 1 aliphatic rings. The fraction of sp³-hybridized carbons (Fsp3) is 0.720. The standard InChI is InChI=1S/C25H42N2O6Si/c1-11-25(30,14-20(28)27-19(23(2,3)4)16-32-22(27)29)18-12-13-26-21(31-8)17(18)15-33-34(9,10)24(5,6)7/h12-13,19,30H,11,14-16H2,1-10H3/t19-,25+/m0/s1. The summed E-state index contributed by atoms with van der Waals surface area (Å²) in [6, 6.07) is 1.30. The minimum atomic E-state index is -2.11. The lowest BCUT2D eigenvalue weighted by atomic mass is 9.83. The van der Waals surface area contributed by atoms with E-state index in [1.54, 1.807) is 12.3 Å². The van der Waals surface area contributed by atoms with Crippen LogP contribution in [0.25, 0.3) is 0 Å². The molecule has 0 bridgehead atoms. The molecule has 9 heteroatoms. The molecule has 1 N–H and O–H groups in total. The van der Waals surface area contributed by atoms with E-state index >= 15 is 0 Å². The van der Waals surface area contributed by atoms with Crippen LogP contribution in [0.4, 0.5) is 4.79 Å². The number of carbonyl (C=O) groups is 2. The maximum Gasteiger partial charge on any atom is 0.416 e. The summed E-state index contributed by atoms with van der Waals surface area (Å²) in [5.74, 6) is -0.123. The first-order chi connectivity index (χ1) is 15.5. The Kier molecular flexibility index (Phi) is 8.27. The molecule has 8 nitrogen and oxygen atoms in total. The Balaban J connectivity index is 2.43. The molecule has 1 aromatic heterocycles. The number of nitrogens with zero attached hydrogens (tertiary/aromatic N) is 2. The Morgan fingerprint density at radius 1 is 1.26 bits per heavy atom. The molecule has 2 heterocycles. The predicted molar refractivity (Wildman–Crippen MR) is 133 cm³/mol. The number of cyclic esters (lactones) is 1. The highest BCUT2D eigenvalue weighted by atomic mass is 28.4. The summed E-state index contributed by atoms with van der Waals surface area (Å²) in [4.78, 5) is 31.3. The molecule has 2 rings (SSSR count). The van der Waals surface area contributed by atoms with Crippen molar-refractivity contribution in [2.45, 2.75) is 97.7 Å². The van der Waals surface area contributed by atoms with Crippen LogP contribution in [0.5, 0.6) is 5.88 Å². The van der Waals surface area contributed by atoms with Gasteiger partial charge in [0, 0.05) is 11.8 Å². The molecular formula is C25H42N2O6Si. The first-order valence-corrected chi connectivity index (χ1v) is 14.8. The van der Waals surface area contributed by atoms with E-state index in [0.29, 0.717) is 17.0 Å². The molecule has 192 valence electrons. The van der Waals surface area contributed by atoms with Crippen LogP contribution in [0.2, 0.25) is 18.1 Å². The van der Waals surface area contributed by atoms with Gasteiger partial charge in [-0.3, -0.25) is 4.79 Å². The molecule has 1 saturated heterocycles. The summed E-state index contributed by atoms with van der Waals surface area (Å²) in [5, 5.41) is 11.8. The van der Waals surface area contributed by atoms with Crippen LogP contribution in [-0.2, 0) is 26.2 Å². The number of imide groups is 1. The molecule has 2 atom stereocenters. The van der Waals surface area contributed by atoms with Gasteiger partial charge in [0.2, 0.25) is 11.8 Å². The molecule has 0 radical (unpaired) electrons. The van der Waals surface area contributed by atoms with Gasteiger partial charge < -0.3 is 19.0 Å². The van der Waals surface area contributed by atoms with E-state index in [2.05, 4.69) is 38.8 Å². The van der Waals surface area contributed by atoms with Crippen LogP contribution < -0.4 is 4.74 Å². The van der Waals surface area contributed by atoms with Gasteiger partial charge in [0.1, 0.15) is 6.61 Å². The summed E-state index contributed by atoms with van der Waals surface area (Å²) in [5.41, 5.74) is -0.754. The van der Waals surface area contributed by atoms with Crippen molar-refractivity contribution in [3.63, 3.8) is 0 Å². The molecule has 1 aromatic rings. The number of aliphatic hydroxyl groups is 1. The summed E-state index contributed by atoms with van der Waals surface area (Å²) in [6.07, 6.45) is 0.863. The first kappa shape index (κ1) is 28.3. The van der Waals surface area contributed by atoms with Gasteiger partial charge in [0.05, 0.1) is 31.8 Å². The second-order valence-electron chi connectivity index (χ2n) is 11.7. The zero-order chi connectivity index (χ0) is 26.1. The van der Waals surface area contributed by atoms with Crippen LogP contribution in [0.1, 0.15) is 72.4 Å². The average Bonchev–Trinajstić information content (AvgIpc) is 3.13. The van der Waals surface area contributed by atoms with Gasteiger partial charge in [-0.25, -0.2) is 14.7 Å². The van der Waals surface area contributed by atoms with Gasteiger partial charge in [0.25, 0.3) is 0 Å². The number of hydrogen-bond acceptors (Lipinski definition) is 7. The highest BCUT2D eigenvalue weighted by Gasteiger charge is 2.47. The lowest BCUT2D eigenvalue weighted by molar-refractivity contribution is -0.136. The van der Waals surface area contributed by atoms with E-state index in [1.807, 2.05) is 27.7 Å². The van der Waals surface area contributed by atoms with E-state index in [0.717, 1.165) is 4.90 Å². The molecule has 1 fully saturated rings. The van der Waals surface area contributed by atoms with E-state index in [4.69, 9.17) is 13.9 Å². The highest BCUT2D eigenvalue weighted by molar-refractivity contribution is 6.74. The molecule has 0 spiro atoms. The molecular weight excluding hydrogens is 452 g/mol. The Morgan fingerprint density at radius 2 is 1.88 bits per heavy atom. The maximum atomic E-state index is 13.4. The number of amides is 2. The summed E-state index contributed by atoms with van der Waals surface area (Å²) in [6.45, 7) is 18.8. The Bertz CT molecular complexity index is 906. The van der Waals surface area contributed by atoms with Crippen molar-refractivity contribution in [3.05, 3.63) is 23.4 Å². The van der Waals surface area contributed by atoms with E-state index in [-0.39, 0.29) is 36.5 Å².